The zero-order valence-electron chi connectivity index (χ0n) is 6.55. The van der Waals surface area contributed by atoms with E-state index >= 15 is 0 Å². The topological polar surface area (TPSA) is 29.5 Å². The molecule has 0 saturated carbocycles. The number of aliphatic hydroxyl groups is 1. The van der Waals surface area contributed by atoms with E-state index in [1.807, 2.05) is 14.8 Å². The van der Waals surface area contributed by atoms with E-state index < -0.39 is 4.33 Å². The van der Waals surface area contributed by atoms with E-state index in [2.05, 4.69) is 0 Å². The van der Waals surface area contributed by atoms with Gasteiger partial charge in [-0.3, -0.25) is 0 Å². The highest BCUT2D eigenvalue weighted by molar-refractivity contribution is 6.51. The van der Waals surface area contributed by atoms with Crippen LogP contribution in [0.2, 0.25) is 0 Å². The van der Waals surface area contributed by atoms with Gasteiger partial charge in [-0.05, 0) is 0 Å². The smallest absolute Gasteiger partial charge is 0.143 e. The Kier molecular flexibility index (Phi) is 2.75. The lowest BCUT2D eigenvalue weighted by atomic mass is 9.91. The predicted octanol–water partition coefficient (Wildman–Crippen LogP) is 0.147. The van der Waals surface area contributed by atoms with Gasteiger partial charge in [0.05, 0.1) is 18.7 Å². The Balaban J connectivity index is 2.71. The van der Waals surface area contributed by atoms with Crippen molar-refractivity contribution in [2.24, 2.45) is 5.92 Å². The summed E-state index contributed by atoms with van der Waals surface area (Å²) >= 11 is 11.9. The summed E-state index contributed by atoms with van der Waals surface area (Å²) in [4.78, 5) is 0. The Morgan fingerprint density at radius 3 is 2.36 bits per heavy atom. The van der Waals surface area contributed by atoms with Gasteiger partial charge in [-0.15, -0.1) is 0 Å². The van der Waals surface area contributed by atoms with Crippen LogP contribution in [-0.2, 0) is 4.74 Å². The largest absolute Gasteiger partial charge is 0.394 e. The number of ether oxygens (including phenoxy) is 1. The SMILES string of the molecule is B[C@@H]1O[C@H](CO)[C@@H](C)C1(Cl)Cl. The quantitative estimate of drug-likeness (QED) is 0.478. The Hall–Kier alpha value is 0.565. The van der Waals surface area contributed by atoms with Gasteiger partial charge in [0, 0.05) is 5.92 Å². The first-order chi connectivity index (χ1) is 5.00. The Labute approximate surface area is 77.2 Å². The Morgan fingerprint density at radius 2 is 2.18 bits per heavy atom. The summed E-state index contributed by atoms with van der Waals surface area (Å²) in [5, 5.41) is 8.84. The molecule has 0 amide bonds. The third-order valence-corrected chi connectivity index (χ3v) is 3.57. The summed E-state index contributed by atoms with van der Waals surface area (Å²) in [6.07, 6.45) is -0.222. The predicted molar refractivity (Wildman–Crippen MR) is 47.9 cm³/mol. The molecular weight excluding hydrogens is 186 g/mol. The van der Waals surface area contributed by atoms with Crippen LogP contribution in [-0.4, -0.2) is 36.0 Å². The number of hydrogen-bond donors (Lipinski definition) is 1. The minimum absolute atomic E-state index is 0.0211. The molecule has 0 aromatic heterocycles. The summed E-state index contributed by atoms with van der Waals surface area (Å²) in [7, 11) is 1.81. The second-order valence-corrected chi connectivity index (χ2v) is 4.41. The zero-order chi connectivity index (χ0) is 8.65. The minimum atomic E-state index is -0.854. The van der Waals surface area contributed by atoms with Crippen LogP contribution in [0.3, 0.4) is 0 Å². The van der Waals surface area contributed by atoms with E-state index in [0.29, 0.717) is 0 Å². The van der Waals surface area contributed by atoms with Crippen molar-refractivity contribution < 1.29 is 9.84 Å². The average Bonchev–Trinajstić information content (AvgIpc) is 2.14. The highest BCUT2D eigenvalue weighted by Gasteiger charge is 2.49. The van der Waals surface area contributed by atoms with Crippen molar-refractivity contribution in [3.8, 4) is 0 Å². The molecule has 1 N–H and O–H groups in total. The maximum atomic E-state index is 8.84. The molecule has 3 atom stereocenters. The number of hydrogen-bond acceptors (Lipinski definition) is 2. The first-order valence-corrected chi connectivity index (χ1v) is 4.40. The molecule has 11 heavy (non-hydrogen) atoms. The van der Waals surface area contributed by atoms with Crippen LogP contribution in [0.1, 0.15) is 6.92 Å². The zero-order valence-corrected chi connectivity index (χ0v) is 8.06. The van der Waals surface area contributed by atoms with E-state index in [0.717, 1.165) is 0 Å². The molecule has 0 radical (unpaired) electrons. The summed E-state index contributed by atoms with van der Waals surface area (Å²) in [6, 6.07) is -0.210. The highest BCUT2D eigenvalue weighted by atomic mass is 35.5. The number of rotatable bonds is 1. The molecule has 1 aliphatic rings. The van der Waals surface area contributed by atoms with E-state index in [9.17, 15) is 0 Å². The molecule has 64 valence electrons. The lowest BCUT2D eigenvalue weighted by Crippen LogP contribution is -2.32. The van der Waals surface area contributed by atoms with E-state index in [4.69, 9.17) is 33.0 Å². The van der Waals surface area contributed by atoms with Crippen molar-refractivity contribution in [1.29, 1.82) is 0 Å². The number of alkyl halides is 2. The normalized spacial score (nSPS) is 42.7. The molecule has 0 bridgehead atoms. The third-order valence-electron chi connectivity index (χ3n) is 2.27. The van der Waals surface area contributed by atoms with Crippen molar-refractivity contribution in [3.05, 3.63) is 0 Å². The molecule has 0 unspecified atom stereocenters. The van der Waals surface area contributed by atoms with Crippen LogP contribution in [0.5, 0.6) is 0 Å². The van der Waals surface area contributed by atoms with Gasteiger partial charge in [-0.2, -0.15) is 0 Å². The van der Waals surface area contributed by atoms with Gasteiger partial charge < -0.3 is 9.84 Å². The first-order valence-electron chi connectivity index (χ1n) is 3.64. The van der Waals surface area contributed by atoms with Gasteiger partial charge in [-0.1, -0.05) is 30.1 Å². The number of halogens is 2. The summed E-state index contributed by atoms with van der Waals surface area (Å²) in [6.45, 7) is 1.86. The average molecular weight is 197 g/mol. The van der Waals surface area contributed by atoms with Crippen LogP contribution in [0.4, 0.5) is 0 Å². The number of aliphatic hydroxyl groups excluding tert-OH is 1. The molecule has 0 aliphatic carbocycles. The maximum absolute atomic E-state index is 8.84. The third kappa shape index (κ3) is 1.52. The molecule has 1 fully saturated rings. The van der Waals surface area contributed by atoms with Crippen LogP contribution in [0.15, 0.2) is 0 Å². The molecule has 1 heterocycles. The molecule has 5 heteroatoms. The molecule has 2 nitrogen and oxygen atoms in total. The van der Waals surface area contributed by atoms with Crippen LogP contribution >= 0.6 is 23.2 Å². The van der Waals surface area contributed by atoms with Crippen molar-refractivity contribution >= 4 is 31.0 Å². The highest BCUT2D eigenvalue weighted by Crippen LogP contribution is 2.43. The molecule has 0 spiro atoms. The second kappa shape index (κ2) is 3.13. The van der Waals surface area contributed by atoms with Crippen LogP contribution in [0, 0.1) is 5.92 Å². The molecule has 1 rings (SSSR count). The first kappa shape index (κ1) is 9.65. The van der Waals surface area contributed by atoms with Gasteiger partial charge in [0.15, 0.2) is 0 Å². The molecular formula is C6H11BCl2O2. The fourth-order valence-corrected chi connectivity index (χ4v) is 1.67. The molecule has 0 aromatic carbocycles. The standard InChI is InChI=1S/C6H11BCl2O2/c1-3-4(2-10)11-5(7)6(3,8)9/h3-5,10H,2,7H2,1H3/t3-,4-,5-/m1/s1. The van der Waals surface area contributed by atoms with Gasteiger partial charge in [0.2, 0.25) is 0 Å². The van der Waals surface area contributed by atoms with E-state index in [1.54, 1.807) is 0 Å². The van der Waals surface area contributed by atoms with Crippen LogP contribution in [0.25, 0.3) is 0 Å². The van der Waals surface area contributed by atoms with Crippen molar-refractivity contribution in [2.45, 2.75) is 23.4 Å². The van der Waals surface area contributed by atoms with Gasteiger partial charge in [-0.25, -0.2) is 0 Å². The lowest BCUT2D eigenvalue weighted by molar-refractivity contribution is 0.0292. The summed E-state index contributed by atoms with van der Waals surface area (Å²) < 4.78 is 4.47. The Morgan fingerprint density at radius 1 is 1.64 bits per heavy atom. The van der Waals surface area contributed by atoms with E-state index in [1.165, 1.54) is 0 Å². The minimum Gasteiger partial charge on any atom is -0.394 e. The van der Waals surface area contributed by atoms with Gasteiger partial charge in [0.25, 0.3) is 0 Å². The fraction of sp³-hybridized carbons (Fsp3) is 1.00. The van der Waals surface area contributed by atoms with Crippen molar-refractivity contribution in [1.82, 2.24) is 0 Å². The van der Waals surface area contributed by atoms with Crippen molar-refractivity contribution in [3.63, 3.8) is 0 Å². The maximum Gasteiger partial charge on any atom is 0.143 e. The Bertz CT molecular complexity index is 154. The summed E-state index contributed by atoms with van der Waals surface area (Å²) in [5.74, 6) is -0.0224. The van der Waals surface area contributed by atoms with Gasteiger partial charge in [0.1, 0.15) is 12.2 Å². The van der Waals surface area contributed by atoms with E-state index in [-0.39, 0.29) is 24.6 Å². The molecule has 1 saturated heterocycles. The monoisotopic (exact) mass is 196 g/mol. The molecule has 0 aromatic rings. The molecule has 1 aliphatic heterocycles. The van der Waals surface area contributed by atoms with Gasteiger partial charge >= 0.3 is 0 Å². The van der Waals surface area contributed by atoms with Crippen molar-refractivity contribution in [2.75, 3.05) is 6.61 Å². The lowest BCUT2D eigenvalue weighted by Gasteiger charge is -2.21. The fourth-order valence-electron chi connectivity index (χ4n) is 1.29. The summed E-state index contributed by atoms with van der Waals surface area (Å²) in [5.41, 5.74) is 0. The van der Waals surface area contributed by atoms with Crippen LogP contribution < -0.4 is 0 Å². The second-order valence-electron chi connectivity index (χ2n) is 2.96.